The molecule has 1 aliphatic rings. The molecule has 1 N–H and O–H groups in total. The number of thiocarbonyl (C=S) groups is 1. The van der Waals surface area contributed by atoms with Crippen molar-refractivity contribution in [2.45, 2.75) is 32.2 Å². The average Bonchev–Trinajstić information content (AvgIpc) is 3.22. The number of carbonyl (C=O) groups is 2. The number of benzene rings is 1. The molecule has 1 aromatic heterocycles. The molecule has 28 heavy (non-hydrogen) atoms. The van der Waals surface area contributed by atoms with E-state index < -0.39 is 17.9 Å². The third kappa shape index (κ3) is 4.34. The lowest BCUT2D eigenvalue weighted by atomic mass is 10.1. The van der Waals surface area contributed by atoms with Crippen LogP contribution in [0.15, 0.2) is 45.7 Å². The molecular weight excluding hydrogens is 401 g/mol. The SMILES string of the molecule is CCCC[C@H](C(=O)O)N1C(=O)/C(=C\c2ccc(-c3ccc(F)cc3)o2)SC1=S. The number of aliphatic carboxylic acids is 1. The minimum absolute atomic E-state index is 0.227. The van der Waals surface area contributed by atoms with Crippen LogP contribution in [0.5, 0.6) is 0 Å². The smallest absolute Gasteiger partial charge is 0.326 e. The molecule has 146 valence electrons. The Balaban J connectivity index is 1.82. The van der Waals surface area contributed by atoms with Crippen molar-refractivity contribution in [3.63, 3.8) is 0 Å². The van der Waals surface area contributed by atoms with Crippen molar-refractivity contribution in [2.24, 2.45) is 0 Å². The zero-order valence-corrected chi connectivity index (χ0v) is 16.7. The Morgan fingerprint density at radius 1 is 1.32 bits per heavy atom. The van der Waals surface area contributed by atoms with E-state index >= 15 is 0 Å². The van der Waals surface area contributed by atoms with Crippen molar-refractivity contribution in [3.8, 4) is 11.3 Å². The van der Waals surface area contributed by atoms with Crippen LogP contribution >= 0.6 is 24.0 Å². The van der Waals surface area contributed by atoms with Gasteiger partial charge in [-0.2, -0.15) is 0 Å². The Hall–Kier alpha value is -2.45. The van der Waals surface area contributed by atoms with E-state index in [0.717, 1.165) is 18.2 Å². The number of thioether (sulfide) groups is 1. The first-order chi connectivity index (χ1) is 13.4. The monoisotopic (exact) mass is 419 g/mol. The molecule has 1 aromatic carbocycles. The number of amides is 1. The van der Waals surface area contributed by atoms with Crippen LogP contribution in [0, 0.1) is 5.82 Å². The van der Waals surface area contributed by atoms with Gasteiger partial charge in [0.2, 0.25) is 0 Å². The molecule has 2 aromatic rings. The molecule has 1 saturated heterocycles. The predicted molar refractivity (Wildman–Crippen MR) is 110 cm³/mol. The molecule has 1 fully saturated rings. The van der Waals surface area contributed by atoms with Gasteiger partial charge in [0.15, 0.2) is 0 Å². The normalized spacial score (nSPS) is 16.8. The second-order valence-corrected chi connectivity index (χ2v) is 7.93. The largest absolute Gasteiger partial charge is 0.480 e. The molecule has 0 spiro atoms. The molecule has 1 aliphatic heterocycles. The van der Waals surface area contributed by atoms with Crippen LogP contribution < -0.4 is 0 Å². The molecule has 1 atom stereocenters. The third-order valence-electron chi connectivity index (χ3n) is 4.28. The number of carbonyl (C=O) groups excluding carboxylic acids is 1. The maximum Gasteiger partial charge on any atom is 0.326 e. The first-order valence-electron chi connectivity index (χ1n) is 8.76. The zero-order valence-electron chi connectivity index (χ0n) is 15.1. The fourth-order valence-electron chi connectivity index (χ4n) is 2.84. The summed E-state index contributed by atoms with van der Waals surface area (Å²) >= 11 is 6.31. The standard InChI is InChI=1S/C20H18FNO4S2/c1-2-3-4-15(19(24)25)22-18(23)17(28-20(22)27)11-14-9-10-16(26-14)12-5-7-13(21)8-6-12/h5-11,15H,2-4H2,1H3,(H,24,25)/b17-11+/t15-/m1/s1. The summed E-state index contributed by atoms with van der Waals surface area (Å²) in [5, 5.41) is 9.49. The van der Waals surface area contributed by atoms with E-state index in [-0.39, 0.29) is 10.1 Å². The minimum Gasteiger partial charge on any atom is -0.480 e. The second-order valence-electron chi connectivity index (χ2n) is 6.26. The van der Waals surface area contributed by atoms with Gasteiger partial charge in [-0.3, -0.25) is 9.69 Å². The molecule has 0 aliphatic carbocycles. The Kier molecular flexibility index (Phi) is 6.31. The van der Waals surface area contributed by atoms with Crippen molar-refractivity contribution in [1.82, 2.24) is 4.90 Å². The third-order valence-corrected chi connectivity index (χ3v) is 5.61. The Bertz CT molecular complexity index is 936. The number of unbranched alkanes of at least 4 members (excludes halogenated alkanes) is 1. The van der Waals surface area contributed by atoms with E-state index in [1.54, 1.807) is 30.3 Å². The lowest BCUT2D eigenvalue weighted by molar-refractivity contribution is -0.145. The highest BCUT2D eigenvalue weighted by Crippen LogP contribution is 2.35. The van der Waals surface area contributed by atoms with Gasteiger partial charge < -0.3 is 9.52 Å². The first-order valence-corrected chi connectivity index (χ1v) is 9.99. The number of carboxylic acids is 1. The maximum atomic E-state index is 13.1. The minimum atomic E-state index is -1.07. The topological polar surface area (TPSA) is 70.8 Å². The van der Waals surface area contributed by atoms with Gasteiger partial charge in [-0.25, -0.2) is 9.18 Å². The molecule has 5 nitrogen and oxygen atoms in total. The summed E-state index contributed by atoms with van der Waals surface area (Å²) < 4.78 is 19.0. The number of hydrogen-bond donors (Lipinski definition) is 1. The maximum absolute atomic E-state index is 13.1. The van der Waals surface area contributed by atoms with Gasteiger partial charge >= 0.3 is 5.97 Å². The highest BCUT2D eigenvalue weighted by molar-refractivity contribution is 8.26. The number of nitrogens with zero attached hydrogens (tertiary/aromatic N) is 1. The van der Waals surface area contributed by atoms with Gasteiger partial charge in [-0.1, -0.05) is 43.7 Å². The van der Waals surface area contributed by atoms with Crippen LogP contribution in [0.3, 0.4) is 0 Å². The highest BCUT2D eigenvalue weighted by Gasteiger charge is 2.40. The zero-order chi connectivity index (χ0) is 20.3. The highest BCUT2D eigenvalue weighted by atomic mass is 32.2. The molecule has 0 bridgehead atoms. The molecule has 8 heteroatoms. The van der Waals surface area contributed by atoms with Crippen molar-refractivity contribution in [2.75, 3.05) is 0 Å². The number of carboxylic acid groups (broad SMARTS) is 1. The number of halogens is 1. The van der Waals surface area contributed by atoms with E-state index in [2.05, 4.69) is 0 Å². The fraction of sp³-hybridized carbons (Fsp3) is 0.250. The van der Waals surface area contributed by atoms with Crippen LogP contribution in [0.2, 0.25) is 0 Å². The number of rotatable bonds is 7. The Morgan fingerprint density at radius 3 is 2.68 bits per heavy atom. The molecule has 3 rings (SSSR count). The number of furan rings is 1. The molecule has 2 heterocycles. The van der Waals surface area contributed by atoms with Crippen LogP contribution in [0.1, 0.15) is 31.9 Å². The summed E-state index contributed by atoms with van der Waals surface area (Å²) in [6.45, 7) is 1.96. The van der Waals surface area contributed by atoms with Crippen molar-refractivity contribution >= 4 is 46.3 Å². The van der Waals surface area contributed by atoms with Crippen LogP contribution in [-0.4, -0.2) is 32.2 Å². The van der Waals surface area contributed by atoms with E-state index in [9.17, 15) is 19.1 Å². The molecule has 1 amide bonds. The lowest BCUT2D eigenvalue weighted by Crippen LogP contribution is -2.43. The van der Waals surface area contributed by atoms with Gasteiger partial charge in [0.25, 0.3) is 5.91 Å². The Morgan fingerprint density at radius 2 is 2.04 bits per heavy atom. The predicted octanol–water partition coefficient (Wildman–Crippen LogP) is 4.93. The molecule has 0 unspecified atom stereocenters. The summed E-state index contributed by atoms with van der Waals surface area (Å²) in [5.74, 6) is -0.871. The quantitative estimate of drug-likeness (QED) is 0.507. The summed E-state index contributed by atoms with van der Waals surface area (Å²) in [5.41, 5.74) is 0.708. The van der Waals surface area contributed by atoms with Gasteiger partial charge in [-0.15, -0.1) is 0 Å². The van der Waals surface area contributed by atoms with Crippen LogP contribution in [0.4, 0.5) is 4.39 Å². The summed E-state index contributed by atoms with van der Waals surface area (Å²) in [6.07, 6.45) is 3.41. The van der Waals surface area contributed by atoms with Gasteiger partial charge in [-0.05, 0) is 42.8 Å². The van der Waals surface area contributed by atoms with Gasteiger partial charge in [0.05, 0.1) is 4.91 Å². The van der Waals surface area contributed by atoms with E-state index in [1.807, 2.05) is 6.92 Å². The van der Waals surface area contributed by atoms with Crippen molar-refractivity contribution in [1.29, 1.82) is 0 Å². The summed E-state index contributed by atoms with van der Waals surface area (Å²) in [4.78, 5) is 25.8. The molecule has 0 radical (unpaired) electrons. The first kappa shape index (κ1) is 20.3. The average molecular weight is 419 g/mol. The second kappa shape index (κ2) is 8.70. The van der Waals surface area contributed by atoms with E-state index in [4.69, 9.17) is 16.6 Å². The molecular formula is C20H18FNO4S2. The fourth-order valence-corrected chi connectivity index (χ4v) is 4.17. The summed E-state index contributed by atoms with van der Waals surface area (Å²) in [7, 11) is 0. The van der Waals surface area contributed by atoms with Crippen molar-refractivity contribution in [3.05, 3.63) is 52.9 Å². The summed E-state index contributed by atoms with van der Waals surface area (Å²) in [6, 6.07) is 8.32. The van der Waals surface area contributed by atoms with E-state index in [0.29, 0.717) is 34.8 Å². The Labute approximate surface area is 171 Å². The van der Waals surface area contributed by atoms with Gasteiger partial charge in [0, 0.05) is 11.6 Å². The molecule has 0 saturated carbocycles. The lowest BCUT2D eigenvalue weighted by Gasteiger charge is -2.22. The van der Waals surface area contributed by atoms with E-state index in [1.165, 1.54) is 17.0 Å². The van der Waals surface area contributed by atoms with Crippen molar-refractivity contribution < 1.29 is 23.5 Å². The van der Waals surface area contributed by atoms with Crippen LogP contribution in [0.25, 0.3) is 17.4 Å². The number of hydrogen-bond acceptors (Lipinski definition) is 5. The van der Waals surface area contributed by atoms with Gasteiger partial charge in [0.1, 0.15) is 27.7 Å². The van der Waals surface area contributed by atoms with Crippen LogP contribution in [-0.2, 0) is 9.59 Å².